The van der Waals surface area contributed by atoms with E-state index < -0.39 is 0 Å². The fourth-order valence-corrected chi connectivity index (χ4v) is 3.16. The highest BCUT2D eigenvalue weighted by Crippen LogP contribution is 2.31. The highest BCUT2D eigenvalue weighted by molar-refractivity contribution is 5.96. The Kier molecular flexibility index (Phi) is 3.30. The number of nitrogens with two attached hydrogens (primary N) is 2. The molecule has 0 spiro atoms. The second kappa shape index (κ2) is 5.48. The van der Waals surface area contributed by atoms with Gasteiger partial charge in [0.25, 0.3) is 0 Å². The molecule has 0 atom stereocenters. The van der Waals surface area contributed by atoms with Crippen molar-refractivity contribution in [3.63, 3.8) is 0 Å². The number of fused-ring (bicyclic) bond motifs is 2. The number of anilines is 3. The standard InChI is InChI=1S/C16H17N7O/c17-11-4-1-5-12-10(11)3-2-6-23(12)13(24)7-22-9-21-14-15(18)19-8-20-16(14)22/h1,4-5,8-9H,2-3,6-7,17H2,(H2,18,19,20). The quantitative estimate of drug-likeness (QED) is 0.679. The summed E-state index contributed by atoms with van der Waals surface area (Å²) in [6.45, 7) is 0.820. The van der Waals surface area contributed by atoms with E-state index in [1.54, 1.807) is 15.8 Å². The van der Waals surface area contributed by atoms with E-state index in [-0.39, 0.29) is 12.5 Å². The molecule has 3 heterocycles. The molecule has 2 aromatic heterocycles. The van der Waals surface area contributed by atoms with E-state index in [0.717, 1.165) is 29.8 Å². The van der Waals surface area contributed by atoms with Crippen molar-refractivity contribution >= 4 is 34.3 Å². The second-order valence-corrected chi connectivity index (χ2v) is 5.80. The van der Waals surface area contributed by atoms with Gasteiger partial charge in [-0.15, -0.1) is 0 Å². The number of hydrogen-bond acceptors (Lipinski definition) is 6. The van der Waals surface area contributed by atoms with Crippen LogP contribution < -0.4 is 16.4 Å². The van der Waals surface area contributed by atoms with Gasteiger partial charge in [0.2, 0.25) is 5.91 Å². The van der Waals surface area contributed by atoms with Crippen LogP contribution in [0.4, 0.5) is 17.2 Å². The number of hydrogen-bond donors (Lipinski definition) is 2. The SMILES string of the molecule is Nc1cccc2c1CCCN2C(=O)Cn1cnc2c(N)ncnc21. The van der Waals surface area contributed by atoms with E-state index in [1.165, 1.54) is 6.33 Å². The largest absolute Gasteiger partial charge is 0.398 e. The van der Waals surface area contributed by atoms with E-state index in [4.69, 9.17) is 11.5 Å². The van der Waals surface area contributed by atoms with Gasteiger partial charge in [0, 0.05) is 17.9 Å². The summed E-state index contributed by atoms with van der Waals surface area (Å²) >= 11 is 0. The van der Waals surface area contributed by atoms with Crippen molar-refractivity contribution in [1.29, 1.82) is 0 Å². The molecule has 4 rings (SSSR count). The van der Waals surface area contributed by atoms with Crippen LogP contribution in [0.3, 0.4) is 0 Å². The topological polar surface area (TPSA) is 116 Å². The molecule has 24 heavy (non-hydrogen) atoms. The second-order valence-electron chi connectivity index (χ2n) is 5.80. The van der Waals surface area contributed by atoms with Crippen molar-refractivity contribution in [2.75, 3.05) is 22.9 Å². The molecular weight excluding hydrogens is 306 g/mol. The molecule has 0 radical (unpaired) electrons. The van der Waals surface area contributed by atoms with Gasteiger partial charge in [-0.3, -0.25) is 4.79 Å². The first-order chi connectivity index (χ1) is 11.6. The Bertz CT molecular complexity index is 933. The molecule has 0 fully saturated rings. The number of nitrogen functional groups attached to an aromatic ring is 2. The average molecular weight is 323 g/mol. The lowest BCUT2D eigenvalue weighted by molar-refractivity contribution is -0.119. The maximum atomic E-state index is 12.8. The number of carbonyl (C=O) groups is 1. The Hall–Kier alpha value is -3.16. The highest BCUT2D eigenvalue weighted by atomic mass is 16.2. The number of benzene rings is 1. The van der Waals surface area contributed by atoms with E-state index in [2.05, 4.69) is 15.0 Å². The van der Waals surface area contributed by atoms with Crippen LogP contribution in [0.25, 0.3) is 11.2 Å². The van der Waals surface area contributed by atoms with Crippen LogP contribution in [0.1, 0.15) is 12.0 Å². The minimum absolute atomic E-state index is 0.0296. The first-order valence-electron chi connectivity index (χ1n) is 7.74. The maximum absolute atomic E-state index is 12.8. The summed E-state index contributed by atoms with van der Waals surface area (Å²) in [7, 11) is 0. The molecule has 0 unspecified atom stereocenters. The van der Waals surface area contributed by atoms with Crippen molar-refractivity contribution in [1.82, 2.24) is 19.5 Å². The Morgan fingerprint density at radius 3 is 2.96 bits per heavy atom. The summed E-state index contributed by atoms with van der Waals surface area (Å²) in [5, 5.41) is 0. The van der Waals surface area contributed by atoms with E-state index in [1.807, 2.05) is 18.2 Å². The van der Waals surface area contributed by atoms with Crippen LogP contribution in [0.2, 0.25) is 0 Å². The third-order valence-corrected chi connectivity index (χ3v) is 4.32. The Labute approximate surface area is 138 Å². The van der Waals surface area contributed by atoms with Gasteiger partial charge < -0.3 is 20.9 Å². The minimum atomic E-state index is -0.0296. The van der Waals surface area contributed by atoms with Crippen molar-refractivity contribution in [2.24, 2.45) is 0 Å². The Morgan fingerprint density at radius 2 is 2.08 bits per heavy atom. The van der Waals surface area contributed by atoms with Crippen molar-refractivity contribution in [2.45, 2.75) is 19.4 Å². The van der Waals surface area contributed by atoms with Gasteiger partial charge in [-0.2, -0.15) is 0 Å². The van der Waals surface area contributed by atoms with Gasteiger partial charge >= 0.3 is 0 Å². The summed E-state index contributed by atoms with van der Waals surface area (Å²) in [6.07, 6.45) is 4.73. The lowest BCUT2D eigenvalue weighted by Crippen LogP contribution is -2.37. The van der Waals surface area contributed by atoms with Crippen LogP contribution in [0.15, 0.2) is 30.9 Å². The molecule has 1 aliphatic rings. The molecule has 1 aromatic carbocycles. The molecular formula is C16H17N7O. The molecule has 8 heteroatoms. The molecule has 0 bridgehead atoms. The van der Waals surface area contributed by atoms with Gasteiger partial charge in [-0.1, -0.05) is 6.07 Å². The number of nitrogens with zero attached hydrogens (tertiary/aromatic N) is 5. The van der Waals surface area contributed by atoms with Gasteiger partial charge in [0.15, 0.2) is 11.5 Å². The van der Waals surface area contributed by atoms with Crippen LogP contribution in [-0.4, -0.2) is 32.0 Å². The van der Waals surface area contributed by atoms with Gasteiger partial charge in [-0.25, -0.2) is 15.0 Å². The number of amides is 1. The lowest BCUT2D eigenvalue weighted by Gasteiger charge is -2.30. The smallest absolute Gasteiger partial charge is 0.247 e. The third kappa shape index (κ3) is 2.23. The van der Waals surface area contributed by atoms with E-state index in [9.17, 15) is 4.79 Å². The number of imidazole rings is 1. The molecule has 0 saturated carbocycles. The van der Waals surface area contributed by atoms with Gasteiger partial charge in [0.05, 0.1) is 6.33 Å². The zero-order valence-electron chi connectivity index (χ0n) is 13.0. The van der Waals surface area contributed by atoms with Crippen LogP contribution in [0, 0.1) is 0 Å². The number of aromatic nitrogens is 4. The average Bonchev–Trinajstić information content (AvgIpc) is 2.99. The van der Waals surface area contributed by atoms with Gasteiger partial charge in [0.1, 0.15) is 18.4 Å². The predicted octanol–water partition coefficient (Wildman–Crippen LogP) is 0.970. The summed E-state index contributed by atoms with van der Waals surface area (Å²) in [6, 6.07) is 5.69. The molecule has 0 saturated heterocycles. The molecule has 4 N–H and O–H groups in total. The van der Waals surface area contributed by atoms with Crippen LogP contribution in [0.5, 0.6) is 0 Å². The normalized spacial score (nSPS) is 13.9. The number of rotatable bonds is 2. The third-order valence-electron chi connectivity index (χ3n) is 4.32. The zero-order valence-corrected chi connectivity index (χ0v) is 13.0. The summed E-state index contributed by atoms with van der Waals surface area (Å²) in [4.78, 5) is 26.9. The maximum Gasteiger partial charge on any atom is 0.247 e. The Morgan fingerprint density at radius 1 is 1.21 bits per heavy atom. The molecule has 1 amide bonds. The highest BCUT2D eigenvalue weighted by Gasteiger charge is 2.24. The predicted molar refractivity (Wildman–Crippen MR) is 91.3 cm³/mol. The van der Waals surface area contributed by atoms with Crippen molar-refractivity contribution in [3.05, 3.63) is 36.4 Å². The zero-order chi connectivity index (χ0) is 16.7. The molecule has 8 nitrogen and oxygen atoms in total. The first-order valence-corrected chi connectivity index (χ1v) is 7.74. The Balaban J connectivity index is 1.66. The van der Waals surface area contributed by atoms with Crippen molar-refractivity contribution < 1.29 is 4.79 Å². The first kappa shape index (κ1) is 14.4. The molecule has 0 aliphatic carbocycles. The fourth-order valence-electron chi connectivity index (χ4n) is 3.16. The van der Waals surface area contributed by atoms with E-state index in [0.29, 0.717) is 23.5 Å². The molecule has 3 aromatic rings. The van der Waals surface area contributed by atoms with Crippen LogP contribution in [-0.2, 0) is 17.8 Å². The molecule has 1 aliphatic heterocycles. The summed E-state index contributed by atoms with van der Waals surface area (Å²) in [5.41, 5.74) is 15.6. The summed E-state index contributed by atoms with van der Waals surface area (Å²) < 4.78 is 1.69. The fraction of sp³-hybridized carbons (Fsp3) is 0.250. The number of carbonyl (C=O) groups excluding carboxylic acids is 1. The minimum Gasteiger partial charge on any atom is -0.398 e. The van der Waals surface area contributed by atoms with Crippen LogP contribution >= 0.6 is 0 Å². The summed E-state index contributed by atoms with van der Waals surface area (Å²) in [5.74, 6) is 0.278. The van der Waals surface area contributed by atoms with E-state index >= 15 is 0 Å². The monoisotopic (exact) mass is 323 g/mol. The molecule has 122 valence electrons. The van der Waals surface area contributed by atoms with Gasteiger partial charge in [-0.05, 0) is 30.5 Å². The lowest BCUT2D eigenvalue weighted by atomic mass is 10.00. The van der Waals surface area contributed by atoms with Crippen molar-refractivity contribution in [3.8, 4) is 0 Å².